The number of benzene rings is 1. The van der Waals surface area contributed by atoms with Crippen LogP contribution in [0, 0.1) is 0 Å². The maximum Gasteiger partial charge on any atom is 0.341 e. The molecule has 0 saturated heterocycles. The molecule has 2 heterocycles. The van der Waals surface area contributed by atoms with Gasteiger partial charge >= 0.3 is 5.97 Å². The molecule has 0 fully saturated rings. The molecule has 1 atom stereocenters. The quantitative estimate of drug-likeness (QED) is 0.801. The van der Waals surface area contributed by atoms with Crippen LogP contribution in [0.15, 0.2) is 60.1 Å². The number of aliphatic hydroxyl groups excluding tert-OH is 1. The minimum absolute atomic E-state index is 0.000737. The molecule has 1 aromatic carbocycles. The van der Waals surface area contributed by atoms with E-state index in [-0.39, 0.29) is 5.57 Å². The lowest BCUT2D eigenvalue weighted by Gasteiger charge is -2.26. The molecule has 2 N–H and O–H groups in total. The number of hydrogen-bond acceptors (Lipinski definition) is 6. The van der Waals surface area contributed by atoms with Crippen LogP contribution in [0.3, 0.4) is 0 Å². The van der Waals surface area contributed by atoms with Crippen molar-refractivity contribution in [2.75, 3.05) is 11.5 Å². The number of pyridine rings is 1. The first-order chi connectivity index (χ1) is 12.9. The van der Waals surface area contributed by atoms with E-state index >= 15 is 0 Å². The molecule has 27 heavy (non-hydrogen) atoms. The standard InChI is InChI=1S/C19H16N2O6/c1-11(22)16-17(12-3-2-8-20-9-12)21(19(26)18(16)25)13-4-6-14(7-5-13)27-10-15(23)24/h2-9,17,25H,10H2,1H3,(H,23,24)/t17-/m1/s1. The zero-order valence-corrected chi connectivity index (χ0v) is 14.3. The zero-order chi connectivity index (χ0) is 19.6. The summed E-state index contributed by atoms with van der Waals surface area (Å²) >= 11 is 0. The summed E-state index contributed by atoms with van der Waals surface area (Å²) in [7, 11) is 0. The van der Waals surface area contributed by atoms with Crippen molar-refractivity contribution in [2.24, 2.45) is 0 Å². The van der Waals surface area contributed by atoms with E-state index in [0.29, 0.717) is 17.0 Å². The number of carbonyl (C=O) groups excluding carboxylic acids is 2. The molecule has 0 saturated carbocycles. The van der Waals surface area contributed by atoms with Crippen LogP contribution in [0.25, 0.3) is 0 Å². The van der Waals surface area contributed by atoms with Gasteiger partial charge in [0.2, 0.25) is 0 Å². The average Bonchev–Trinajstić information content (AvgIpc) is 2.92. The summed E-state index contributed by atoms with van der Waals surface area (Å²) in [5, 5.41) is 18.9. The van der Waals surface area contributed by atoms with Crippen LogP contribution in [0.4, 0.5) is 5.69 Å². The Morgan fingerprint density at radius 2 is 1.93 bits per heavy atom. The normalized spacial score (nSPS) is 16.6. The highest BCUT2D eigenvalue weighted by Gasteiger charge is 2.43. The van der Waals surface area contributed by atoms with Crippen molar-refractivity contribution in [2.45, 2.75) is 13.0 Å². The highest BCUT2D eigenvalue weighted by molar-refractivity contribution is 6.16. The fraction of sp³-hybridized carbons (Fsp3) is 0.158. The topological polar surface area (TPSA) is 117 Å². The van der Waals surface area contributed by atoms with E-state index in [9.17, 15) is 19.5 Å². The van der Waals surface area contributed by atoms with Crippen LogP contribution in [-0.4, -0.2) is 39.5 Å². The number of amides is 1. The lowest BCUT2D eigenvalue weighted by Crippen LogP contribution is -2.30. The van der Waals surface area contributed by atoms with Crippen molar-refractivity contribution in [3.05, 3.63) is 65.7 Å². The maximum absolute atomic E-state index is 12.6. The highest BCUT2D eigenvalue weighted by Crippen LogP contribution is 2.40. The van der Waals surface area contributed by atoms with Crippen LogP contribution in [-0.2, 0) is 14.4 Å². The number of aliphatic hydroxyl groups is 1. The Morgan fingerprint density at radius 3 is 2.48 bits per heavy atom. The number of hydrogen-bond donors (Lipinski definition) is 2. The van der Waals surface area contributed by atoms with Gasteiger partial charge in [-0.25, -0.2) is 4.79 Å². The minimum Gasteiger partial charge on any atom is -0.503 e. The van der Waals surface area contributed by atoms with Gasteiger partial charge < -0.3 is 14.9 Å². The predicted molar refractivity (Wildman–Crippen MR) is 94.4 cm³/mol. The summed E-state index contributed by atoms with van der Waals surface area (Å²) in [4.78, 5) is 40.6. The Bertz CT molecular complexity index is 921. The van der Waals surface area contributed by atoms with E-state index in [0.717, 1.165) is 0 Å². The van der Waals surface area contributed by atoms with Crippen LogP contribution >= 0.6 is 0 Å². The zero-order valence-electron chi connectivity index (χ0n) is 14.3. The van der Waals surface area contributed by atoms with Gasteiger partial charge in [-0.2, -0.15) is 0 Å². The third-order valence-corrected chi connectivity index (χ3v) is 4.06. The van der Waals surface area contributed by atoms with Gasteiger partial charge in [0, 0.05) is 18.1 Å². The molecule has 0 radical (unpaired) electrons. The molecule has 8 heteroatoms. The molecule has 0 bridgehead atoms. The molecule has 0 spiro atoms. The fourth-order valence-electron chi connectivity index (χ4n) is 2.93. The Labute approximate surface area is 154 Å². The van der Waals surface area contributed by atoms with Gasteiger partial charge in [0.15, 0.2) is 18.1 Å². The van der Waals surface area contributed by atoms with Crippen LogP contribution in [0.2, 0.25) is 0 Å². The maximum atomic E-state index is 12.6. The Hall–Kier alpha value is -3.68. The number of ketones is 1. The molecule has 1 aliphatic heterocycles. The van der Waals surface area contributed by atoms with E-state index in [1.807, 2.05) is 0 Å². The van der Waals surface area contributed by atoms with E-state index < -0.39 is 36.1 Å². The molecule has 1 aliphatic rings. The first-order valence-corrected chi connectivity index (χ1v) is 8.02. The Kier molecular flexibility index (Phi) is 4.89. The number of ether oxygens (including phenoxy) is 1. The van der Waals surface area contributed by atoms with Crippen LogP contribution in [0.5, 0.6) is 5.75 Å². The molecule has 138 valence electrons. The smallest absolute Gasteiger partial charge is 0.341 e. The monoisotopic (exact) mass is 368 g/mol. The first kappa shape index (κ1) is 18.1. The Balaban J connectivity index is 1.99. The van der Waals surface area contributed by atoms with Gasteiger partial charge in [-0.3, -0.25) is 19.5 Å². The largest absolute Gasteiger partial charge is 0.503 e. The van der Waals surface area contributed by atoms with Gasteiger partial charge in [-0.05, 0) is 42.8 Å². The van der Waals surface area contributed by atoms with Gasteiger partial charge in [0.1, 0.15) is 5.75 Å². The molecule has 0 unspecified atom stereocenters. The number of nitrogens with zero attached hydrogens (tertiary/aromatic N) is 2. The number of carbonyl (C=O) groups is 3. The van der Waals surface area contributed by atoms with Gasteiger partial charge in [-0.15, -0.1) is 0 Å². The SMILES string of the molecule is CC(=O)C1=C(O)C(=O)N(c2ccc(OCC(=O)O)cc2)[C@@H]1c1cccnc1. The molecule has 8 nitrogen and oxygen atoms in total. The van der Waals surface area contributed by atoms with E-state index in [1.54, 1.807) is 30.5 Å². The van der Waals surface area contributed by atoms with Gasteiger partial charge in [0.25, 0.3) is 5.91 Å². The summed E-state index contributed by atoms with van der Waals surface area (Å²) in [6, 6.07) is 8.69. The number of aromatic nitrogens is 1. The van der Waals surface area contributed by atoms with Gasteiger partial charge in [-0.1, -0.05) is 6.07 Å². The molecular formula is C19H16N2O6. The molecule has 3 rings (SSSR count). The lowest BCUT2D eigenvalue weighted by molar-refractivity contribution is -0.139. The summed E-state index contributed by atoms with van der Waals surface area (Å²) in [5.41, 5.74) is 0.991. The lowest BCUT2D eigenvalue weighted by atomic mass is 9.98. The van der Waals surface area contributed by atoms with Crippen molar-refractivity contribution >= 4 is 23.3 Å². The average molecular weight is 368 g/mol. The third kappa shape index (κ3) is 3.50. The molecule has 1 amide bonds. The summed E-state index contributed by atoms with van der Waals surface area (Å²) < 4.78 is 5.08. The van der Waals surface area contributed by atoms with Crippen molar-refractivity contribution < 1.29 is 29.3 Å². The van der Waals surface area contributed by atoms with E-state index in [1.165, 1.54) is 30.2 Å². The molecular weight excluding hydrogens is 352 g/mol. The fourth-order valence-corrected chi connectivity index (χ4v) is 2.93. The summed E-state index contributed by atoms with van der Waals surface area (Å²) in [6.07, 6.45) is 3.09. The van der Waals surface area contributed by atoms with Crippen molar-refractivity contribution in [3.63, 3.8) is 0 Å². The van der Waals surface area contributed by atoms with Crippen molar-refractivity contribution in [1.82, 2.24) is 4.98 Å². The molecule has 2 aromatic rings. The number of aliphatic carboxylic acids is 1. The highest BCUT2D eigenvalue weighted by atomic mass is 16.5. The Morgan fingerprint density at radius 1 is 1.22 bits per heavy atom. The van der Waals surface area contributed by atoms with Gasteiger partial charge in [0.05, 0.1) is 11.6 Å². The number of carboxylic acids is 1. The van der Waals surface area contributed by atoms with Crippen molar-refractivity contribution in [3.8, 4) is 5.75 Å². The molecule has 1 aromatic heterocycles. The second-order valence-electron chi connectivity index (χ2n) is 5.86. The molecule has 0 aliphatic carbocycles. The van der Waals surface area contributed by atoms with E-state index in [4.69, 9.17) is 9.84 Å². The third-order valence-electron chi connectivity index (χ3n) is 4.06. The predicted octanol–water partition coefficient (Wildman–Crippen LogP) is 2.03. The van der Waals surface area contributed by atoms with Crippen LogP contribution in [0.1, 0.15) is 18.5 Å². The number of Topliss-reactive ketones (excluding diaryl/α,β-unsaturated/α-hetero) is 1. The van der Waals surface area contributed by atoms with Crippen molar-refractivity contribution in [1.29, 1.82) is 0 Å². The second kappa shape index (κ2) is 7.28. The number of rotatable bonds is 6. The van der Waals surface area contributed by atoms with E-state index in [2.05, 4.69) is 4.98 Å². The minimum atomic E-state index is -1.11. The van der Waals surface area contributed by atoms with Crippen LogP contribution < -0.4 is 9.64 Å². The number of anilines is 1. The second-order valence-corrected chi connectivity index (χ2v) is 5.86. The summed E-state index contributed by atoms with van der Waals surface area (Å²) in [6.45, 7) is 0.797. The first-order valence-electron chi connectivity index (χ1n) is 8.02. The summed E-state index contributed by atoms with van der Waals surface area (Å²) in [5.74, 6) is -2.50. The number of carboxylic acid groups (broad SMARTS) is 1.